The Balaban J connectivity index is 0.00000264. The standard InChI is InChI=1S/C16H28N4O2.ClH/c1-10(13-19-14(20-22-13)15(2,3)4)18-12(21)11-8-6-7-9-16(11,5)17;/h10-11H,6-9,17H2,1-5H3,(H,18,21);1H. The molecule has 3 N–H and O–H groups in total. The number of nitrogens with two attached hydrogens (primary N) is 1. The number of carbonyl (C=O) groups is 1. The lowest BCUT2D eigenvalue weighted by atomic mass is 9.74. The molecule has 1 fully saturated rings. The third-order valence-electron chi connectivity index (χ3n) is 4.41. The highest BCUT2D eigenvalue weighted by Gasteiger charge is 2.38. The number of rotatable bonds is 3. The highest BCUT2D eigenvalue weighted by atomic mass is 35.5. The summed E-state index contributed by atoms with van der Waals surface area (Å²) in [6.45, 7) is 9.88. The minimum Gasteiger partial charge on any atom is -0.344 e. The maximum atomic E-state index is 12.5. The van der Waals surface area contributed by atoms with E-state index < -0.39 is 5.54 Å². The minimum absolute atomic E-state index is 0. The molecule has 1 aliphatic rings. The van der Waals surface area contributed by atoms with Gasteiger partial charge < -0.3 is 15.6 Å². The summed E-state index contributed by atoms with van der Waals surface area (Å²) in [4.78, 5) is 16.9. The predicted octanol–water partition coefficient (Wildman–Crippen LogP) is 2.87. The summed E-state index contributed by atoms with van der Waals surface area (Å²) in [5.74, 6) is 0.902. The van der Waals surface area contributed by atoms with Crippen LogP contribution < -0.4 is 11.1 Å². The monoisotopic (exact) mass is 344 g/mol. The van der Waals surface area contributed by atoms with Crippen molar-refractivity contribution in [2.75, 3.05) is 0 Å². The van der Waals surface area contributed by atoms with Crippen LogP contribution in [0.1, 0.15) is 78.1 Å². The van der Waals surface area contributed by atoms with Crippen molar-refractivity contribution in [2.45, 2.75) is 77.3 Å². The van der Waals surface area contributed by atoms with Crippen molar-refractivity contribution < 1.29 is 9.32 Å². The molecule has 0 aromatic carbocycles. The van der Waals surface area contributed by atoms with Crippen molar-refractivity contribution >= 4 is 18.3 Å². The van der Waals surface area contributed by atoms with Gasteiger partial charge in [0.25, 0.3) is 0 Å². The quantitative estimate of drug-likeness (QED) is 0.879. The summed E-state index contributed by atoms with van der Waals surface area (Å²) in [6.07, 6.45) is 3.86. The number of carbonyl (C=O) groups excluding carboxylic acids is 1. The zero-order valence-electron chi connectivity index (χ0n) is 14.7. The summed E-state index contributed by atoms with van der Waals surface area (Å²) < 4.78 is 5.29. The van der Waals surface area contributed by atoms with Crippen LogP contribution in [-0.2, 0) is 10.2 Å². The van der Waals surface area contributed by atoms with Crippen LogP contribution in [0.2, 0.25) is 0 Å². The van der Waals surface area contributed by atoms with Crippen molar-refractivity contribution in [1.82, 2.24) is 15.5 Å². The molecule has 0 saturated heterocycles. The lowest BCUT2D eigenvalue weighted by Gasteiger charge is -2.37. The Bertz CT molecular complexity index is 536. The lowest BCUT2D eigenvalue weighted by molar-refractivity contribution is -0.129. The molecule has 0 spiro atoms. The number of aromatic nitrogens is 2. The average molecular weight is 345 g/mol. The molecule has 1 amide bonds. The van der Waals surface area contributed by atoms with E-state index in [1.165, 1.54) is 0 Å². The van der Waals surface area contributed by atoms with E-state index in [9.17, 15) is 4.79 Å². The molecule has 7 heteroatoms. The molecule has 3 unspecified atom stereocenters. The summed E-state index contributed by atoms with van der Waals surface area (Å²) >= 11 is 0. The normalized spacial score (nSPS) is 26.3. The Morgan fingerprint density at radius 1 is 1.43 bits per heavy atom. The van der Waals surface area contributed by atoms with Crippen molar-refractivity contribution in [2.24, 2.45) is 11.7 Å². The number of halogens is 1. The lowest BCUT2D eigenvalue weighted by Crippen LogP contribution is -2.53. The second kappa shape index (κ2) is 7.18. The summed E-state index contributed by atoms with van der Waals surface area (Å²) in [5.41, 5.74) is 5.67. The Labute approximate surface area is 144 Å². The molecule has 1 aromatic heterocycles. The fourth-order valence-electron chi connectivity index (χ4n) is 2.88. The van der Waals surface area contributed by atoms with E-state index in [0.29, 0.717) is 11.7 Å². The van der Waals surface area contributed by atoms with Crippen LogP contribution in [0.15, 0.2) is 4.52 Å². The molecule has 6 nitrogen and oxygen atoms in total. The molecule has 1 heterocycles. The molecule has 23 heavy (non-hydrogen) atoms. The van der Waals surface area contributed by atoms with Crippen LogP contribution in [0.25, 0.3) is 0 Å². The van der Waals surface area contributed by atoms with Gasteiger partial charge in [-0.1, -0.05) is 38.8 Å². The number of nitrogens with zero attached hydrogens (tertiary/aromatic N) is 2. The fraction of sp³-hybridized carbons (Fsp3) is 0.812. The summed E-state index contributed by atoms with van der Waals surface area (Å²) in [6, 6.07) is -0.311. The van der Waals surface area contributed by atoms with Crippen molar-refractivity contribution in [3.63, 3.8) is 0 Å². The fourth-order valence-corrected chi connectivity index (χ4v) is 2.88. The van der Waals surface area contributed by atoms with Crippen LogP contribution in [0.5, 0.6) is 0 Å². The van der Waals surface area contributed by atoms with Crippen LogP contribution in [0, 0.1) is 5.92 Å². The van der Waals surface area contributed by atoms with Crippen LogP contribution in [0.3, 0.4) is 0 Å². The minimum atomic E-state index is -0.437. The van der Waals surface area contributed by atoms with Gasteiger partial charge in [0.1, 0.15) is 6.04 Å². The van der Waals surface area contributed by atoms with Gasteiger partial charge in [0, 0.05) is 11.0 Å². The molecular weight excluding hydrogens is 316 g/mol. The van der Waals surface area contributed by atoms with E-state index in [1.54, 1.807) is 0 Å². The zero-order chi connectivity index (χ0) is 16.5. The Hall–Kier alpha value is -1.14. The van der Waals surface area contributed by atoms with Gasteiger partial charge in [-0.05, 0) is 26.7 Å². The third kappa shape index (κ3) is 4.67. The molecule has 0 aliphatic heterocycles. The van der Waals surface area contributed by atoms with Gasteiger partial charge in [0.05, 0.1) is 5.92 Å². The predicted molar refractivity (Wildman–Crippen MR) is 91.4 cm³/mol. The SMILES string of the molecule is CC(NC(=O)C1CCCCC1(C)N)c1nc(C(C)(C)C)no1.Cl. The van der Waals surface area contributed by atoms with Crippen LogP contribution in [0.4, 0.5) is 0 Å². The zero-order valence-corrected chi connectivity index (χ0v) is 15.5. The van der Waals surface area contributed by atoms with E-state index in [4.69, 9.17) is 10.3 Å². The first kappa shape index (κ1) is 19.9. The molecule has 0 radical (unpaired) electrons. The van der Waals surface area contributed by atoms with Gasteiger partial charge in [-0.25, -0.2) is 0 Å². The van der Waals surface area contributed by atoms with Gasteiger partial charge in [-0.2, -0.15) is 4.98 Å². The van der Waals surface area contributed by atoms with Crippen molar-refractivity contribution in [1.29, 1.82) is 0 Å². The van der Waals surface area contributed by atoms with E-state index >= 15 is 0 Å². The second-order valence-corrected chi connectivity index (χ2v) is 7.74. The number of nitrogens with one attached hydrogen (secondary N) is 1. The highest BCUT2D eigenvalue weighted by molar-refractivity contribution is 5.85. The largest absolute Gasteiger partial charge is 0.344 e. The highest BCUT2D eigenvalue weighted by Crippen LogP contribution is 2.32. The third-order valence-corrected chi connectivity index (χ3v) is 4.41. The molecule has 3 atom stereocenters. The van der Waals surface area contributed by atoms with E-state index in [-0.39, 0.29) is 35.7 Å². The number of hydrogen-bond donors (Lipinski definition) is 2. The Morgan fingerprint density at radius 2 is 2.09 bits per heavy atom. The smallest absolute Gasteiger partial charge is 0.248 e. The maximum absolute atomic E-state index is 12.5. The first-order valence-electron chi connectivity index (χ1n) is 8.04. The number of amides is 1. The average Bonchev–Trinajstić information content (AvgIpc) is 2.87. The van der Waals surface area contributed by atoms with Gasteiger partial charge in [-0.15, -0.1) is 12.4 Å². The molecule has 1 aromatic rings. The van der Waals surface area contributed by atoms with Crippen LogP contribution in [-0.4, -0.2) is 21.6 Å². The number of hydrogen-bond acceptors (Lipinski definition) is 5. The summed E-state index contributed by atoms with van der Waals surface area (Å²) in [7, 11) is 0. The van der Waals surface area contributed by atoms with Gasteiger partial charge in [-0.3, -0.25) is 4.79 Å². The Kier molecular flexibility index (Phi) is 6.21. The van der Waals surface area contributed by atoms with E-state index in [2.05, 4.69) is 15.5 Å². The molecule has 2 rings (SSSR count). The van der Waals surface area contributed by atoms with Gasteiger partial charge >= 0.3 is 0 Å². The topological polar surface area (TPSA) is 94.0 Å². The maximum Gasteiger partial charge on any atom is 0.248 e. The van der Waals surface area contributed by atoms with E-state index in [1.807, 2.05) is 34.6 Å². The first-order valence-corrected chi connectivity index (χ1v) is 8.04. The van der Waals surface area contributed by atoms with Crippen LogP contribution >= 0.6 is 12.4 Å². The van der Waals surface area contributed by atoms with Crippen molar-refractivity contribution in [3.8, 4) is 0 Å². The molecule has 0 bridgehead atoms. The first-order chi connectivity index (χ1) is 10.1. The molecule has 1 aliphatic carbocycles. The van der Waals surface area contributed by atoms with Crippen molar-refractivity contribution in [3.05, 3.63) is 11.7 Å². The molecule has 132 valence electrons. The van der Waals surface area contributed by atoms with E-state index in [0.717, 1.165) is 25.7 Å². The van der Waals surface area contributed by atoms with Gasteiger partial charge in [0.2, 0.25) is 11.8 Å². The Morgan fingerprint density at radius 3 is 2.61 bits per heavy atom. The van der Waals surface area contributed by atoms with Gasteiger partial charge in [0.15, 0.2) is 5.82 Å². The second-order valence-electron chi connectivity index (χ2n) is 7.74. The molecule has 1 saturated carbocycles. The molecular formula is C16H29ClN4O2. The summed E-state index contributed by atoms with van der Waals surface area (Å²) in [5, 5.41) is 6.97.